The number of rotatable bonds is 10. The third-order valence-electron chi connectivity index (χ3n) is 5.48. The van der Waals surface area contributed by atoms with E-state index in [0.717, 1.165) is 26.9 Å². The Balaban J connectivity index is 1.94. The molecule has 0 fully saturated rings. The molecule has 2 amide bonds. The summed E-state index contributed by atoms with van der Waals surface area (Å²) in [5.74, 6) is 0.480. The Hall–Kier alpha value is -3.12. The molecule has 0 aromatic heterocycles. The maximum Gasteiger partial charge on any atom is 0.243 e. The quantitative estimate of drug-likeness (QED) is 0.399. The predicted molar refractivity (Wildman–Crippen MR) is 139 cm³/mol. The zero-order valence-electron chi connectivity index (χ0n) is 19.8. The number of hydrogen-bond acceptors (Lipinski definition) is 3. The molecule has 0 radical (unpaired) electrons. The highest BCUT2D eigenvalue weighted by Crippen LogP contribution is 2.19. The minimum atomic E-state index is -0.640. The summed E-state index contributed by atoms with van der Waals surface area (Å²) in [6.07, 6.45) is 0.630. The van der Waals surface area contributed by atoms with Crippen LogP contribution in [-0.2, 0) is 29.0 Å². The van der Waals surface area contributed by atoms with Crippen molar-refractivity contribution in [3.8, 4) is 5.75 Å². The van der Waals surface area contributed by atoms with Gasteiger partial charge in [0.15, 0.2) is 0 Å². The third kappa shape index (κ3) is 7.45. The van der Waals surface area contributed by atoms with Crippen molar-refractivity contribution < 1.29 is 14.3 Å². The van der Waals surface area contributed by atoms with Crippen molar-refractivity contribution in [3.63, 3.8) is 0 Å². The standard InChI is InChI=1S/C28H31BrN2O3/c1-20(2)30-28(33)26(17-21-7-5-4-6-8-21)31(19-23-9-13-24(29)14-10-23)27(32)18-22-11-15-25(34-3)16-12-22/h4-16,20,26H,17-19H2,1-3H3,(H,30,33)/t26-/m0/s1. The van der Waals surface area contributed by atoms with Gasteiger partial charge in [0.25, 0.3) is 0 Å². The first-order chi connectivity index (χ1) is 16.4. The van der Waals surface area contributed by atoms with E-state index in [9.17, 15) is 9.59 Å². The molecule has 1 atom stereocenters. The number of hydrogen-bond donors (Lipinski definition) is 1. The monoisotopic (exact) mass is 522 g/mol. The first-order valence-electron chi connectivity index (χ1n) is 11.4. The minimum absolute atomic E-state index is 0.0306. The van der Waals surface area contributed by atoms with Crippen LogP contribution in [0.25, 0.3) is 0 Å². The molecule has 5 nitrogen and oxygen atoms in total. The van der Waals surface area contributed by atoms with E-state index in [-0.39, 0.29) is 24.3 Å². The van der Waals surface area contributed by atoms with Gasteiger partial charge in [0.05, 0.1) is 13.5 Å². The summed E-state index contributed by atoms with van der Waals surface area (Å²) in [5, 5.41) is 3.02. The molecule has 3 aromatic carbocycles. The highest BCUT2D eigenvalue weighted by Gasteiger charge is 2.30. The van der Waals surface area contributed by atoms with Crippen molar-refractivity contribution >= 4 is 27.7 Å². The van der Waals surface area contributed by atoms with Gasteiger partial charge in [0.2, 0.25) is 11.8 Å². The molecule has 34 heavy (non-hydrogen) atoms. The lowest BCUT2D eigenvalue weighted by molar-refractivity contribution is -0.141. The zero-order chi connectivity index (χ0) is 24.5. The highest BCUT2D eigenvalue weighted by atomic mass is 79.9. The van der Waals surface area contributed by atoms with Crippen LogP contribution in [0.2, 0.25) is 0 Å². The molecule has 178 valence electrons. The number of methoxy groups -OCH3 is 1. The topological polar surface area (TPSA) is 58.6 Å². The lowest BCUT2D eigenvalue weighted by atomic mass is 10.0. The molecule has 0 aliphatic carbocycles. The molecule has 0 spiro atoms. The van der Waals surface area contributed by atoms with E-state index in [0.29, 0.717) is 13.0 Å². The summed E-state index contributed by atoms with van der Waals surface area (Å²) >= 11 is 3.47. The van der Waals surface area contributed by atoms with Crippen molar-refractivity contribution in [3.05, 3.63) is 100 Å². The van der Waals surface area contributed by atoms with Gasteiger partial charge in [0.1, 0.15) is 11.8 Å². The van der Waals surface area contributed by atoms with Crippen molar-refractivity contribution in [1.82, 2.24) is 10.2 Å². The molecule has 0 heterocycles. The van der Waals surface area contributed by atoms with Gasteiger partial charge in [-0.25, -0.2) is 0 Å². The van der Waals surface area contributed by atoms with Crippen LogP contribution in [-0.4, -0.2) is 35.9 Å². The highest BCUT2D eigenvalue weighted by molar-refractivity contribution is 9.10. The number of ether oxygens (including phenoxy) is 1. The van der Waals surface area contributed by atoms with E-state index in [2.05, 4.69) is 21.2 Å². The Labute approximate surface area is 210 Å². The Morgan fingerprint density at radius 1 is 0.882 bits per heavy atom. The maximum absolute atomic E-state index is 13.7. The number of nitrogens with zero attached hydrogens (tertiary/aromatic N) is 1. The van der Waals surface area contributed by atoms with E-state index in [1.165, 1.54) is 0 Å². The van der Waals surface area contributed by atoms with Crippen LogP contribution in [0.4, 0.5) is 0 Å². The van der Waals surface area contributed by atoms with Crippen LogP contribution in [0.15, 0.2) is 83.3 Å². The molecular weight excluding hydrogens is 492 g/mol. The predicted octanol–water partition coefficient (Wildman–Crippen LogP) is 5.16. The summed E-state index contributed by atoms with van der Waals surface area (Å²) in [6, 6.07) is 24.4. The molecule has 0 aliphatic heterocycles. The second-order valence-electron chi connectivity index (χ2n) is 8.54. The Bertz CT molecular complexity index is 1070. The van der Waals surface area contributed by atoms with Crippen LogP contribution < -0.4 is 10.1 Å². The molecule has 3 aromatic rings. The van der Waals surface area contributed by atoms with Crippen LogP contribution in [0.5, 0.6) is 5.75 Å². The fraction of sp³-hybridized carbons (Fsp3) is 0.286. The van der Waals surface area contributed by atoms with E-state index < -0.39 is 6.04 Å². The SMILES string of the molecule is COc1ccc(CC(=O)N(Cc2ccc(Br)cc2)[C@@H](Cc2ccccc2)C(=O)NC(C)C)cc1. The second-order valence-corrected chi connectivity index (χ2v) is 9.46. The summed E-state index contributed by atoms with van der Waals surface area (Å²) in [5.41, 5.74) is 2.83. The number of carbonyl (C=O) groups excluding carboxylic acids is 2. The van der Waals surface area contributed by atoms with E-state index in [1.807, 2.05) is 92.7 Å². The van der Waals surface area contributed by atoms with E-state index in [4.69, 9.17) is 4.74 Å². The van der Waals surface area contributed by atoms with Crippen LogP contribution in [0.1, 0.15) is 30.5 Å². The van der Waals surface area contributed by atoms with Gasteiger partial charge in [-0.2, -0.15) is 0 Å². The Morgan fingerprint density at radius 3 is 2.09 bits per heavy atom. The first kappa shape index (κ1) is 25.5. The van der Waals surface area contributed by atoms with Gasteiger partial charge in [-0.3, -0.25) is 9.59 Å². The molecule has 6 heteroatoms. The van der Waals surface area contributed by atoms with Gasteiger partial charge >= 0.3 is 0 Å². The first-order valence-corrected chi connectivity index (χ1v) is 12.2. The summed E-state index contributed by atoms with van der Waals surface area (Å²) in [4.78, 5) is 28.7. The number of amides is 2. The van der Waals surface area contributed by atoms with Crippen molar-refractivity contribution in [2.75, 3.05) is 7.11 Å². The summed E-state index contributed by atoms with van der Waals surface area (Å²) in [7, 11) is 1.61. The Kier molecular flexibility index (Phi) is 9.28. The van der Waals surface area contributed by atoms with Gasteiger partial charge in [-0.05, 0) is 54.8 Å². The van der Waals surface area contributed by atoms with Crippen molar-refractivity contribution in [2.24, 2.45) is 0 Å². The number of nitrogens with one attached hydrogen (secondary N) is 1. The normalized spacial score (nSPS) is 11.7. The van der Waals surface area contributed by atoms with Crippen molar-refractivity contribution in [1.29, 1.82) is 0 Å². The molecule has 3 rings (SSSR count). The second kappa shape index (κ2) is 12.4. The molecule has 0 aliphatic rings. The van der Waals surface area contributed by atoms with Crippen LogP contribution in [0, 0.1) is 0 Å². The molecule has 1 N–H and O–H groups in total. The lowest BCUT2D eigenvalue weighted by Crippen LogP contribution is -2.52. The average molecular weight is 523 g/mol. The third-order valence-corrected chi connectivity index (χ3v) is 6.01. The van der Waals surface area contributed by atoms with Gasteiger partial charge in [0, 0.05) is 23.5 Å². The van der Waals surface area contributed by atoms with Gasteiger partial charge in [-0.1, -0.05) is 70.5 Å². The van der Waals surface area contributed by atoms with Gasteiger partial charge in [-0.15, -0.1) is 0 Å². The smallest absolute Gasteiger partial charge is 0.243 e. The zero-order valence-corrected chi connectivity index (χ0v) is 21.4. The fourth-order valence-electron chi connectivity index (χ4n) is 3.74. The number of carbonyl (C=O) groups is 2. The maximum atomic E-state index is 13.7. The lowest BCUT2D eigenvalue weighted by Gasteiger charge is -2.32. The molecular formula is C28H31BrN2O3. The molecule has 0 unspecified atom stereocenters. The largest absolute Gasteiger partial charge is 0.497 e. The van der Waals surface area contributed by atoms with Gasteiger partial charge < -0.3 is 15.0 Å². The molecule has 0 saturated carbocycles. The van der Waals surface area contributed by atoms with E-state index in [1.54, 1.807) is 12.0 Å². The van der Waals surface area contributed by atoms with Crippen molar-refractivity contribution in [2.45, 2.75) is 45.3 Å². The summed E-state index contributed by atoms with van der Waals surface area (Å²) in [6.45, 7) is 4.19. The fourth-order valence-corrected chi connectivity index (χ4v) is 4.01. The minimum Gasteiger partial charge on any atom is -0.497 e. The summed E-state index contributed by atoms with van der Waals surface area (Å²) < 4.78 is 6.19. The van der Waals surface area contributed by atoms with Crippen LogP contribution >= 0.6 is 15.9 Å². The number of halogens is 1. The Morgan fingerprint density at radius 2 is 1.50 bits per heavy atom. The van der Waals surface area contributed by atoms with E-state index >= 15 is 0 Å². The number of benzene rings is 3. The average Bonchev–Trinajstić information content (AvgIpc) is 2.83. The molecule has 0 saturated heterocycles. The molecule has 0 bridgehead atoms. The van der Waals surface area contributed by atoms with Crippen LogP contribution in [0.3, 0.4) is 0 Å².